The number of nitrogens with two attached hydrogens (primary N) is 1. The predicted octanol–water partition coefficient (Wildman–Crippen LogP) is 0.402. The van der Waals surface area contributed by atoms with Gasteiger partial charge in [0, 0.05) is 33.4 Å². The third kappa shape index (κ3) is 13.8. The van der Waals surface area contributed by atoms with Gasteiger partial charge in [0.05, 0.1) is 0 Å². The topological polar surface area (TPSA) is 78.6 Å². The van der Waals surface area contributed by atoms with Crippen molar-refractivity contribution in [2.24, 2.45) is 23.5 Å². The van der Waals surface area contributed by atoms with Crippen molar-refractivity contribution in [3.05, 3.63) is 0 Å². The predicted molar refractivity (Wildman–Crippen MR) is 98.8 cm³/mol. The zero-order valence-electron chi connectivity index (χ0n) is 16.8. The molecule has 0 spiro atoms. The van der Waals surface area contributed by atoms with Crippen LogP contribution in [0.25, 0.3) is 0 Å². The van der Waals surface area contributed by atoms with Gasteiger partial charge >= 0.3 is 51.4 Å². The Labute approximate surface area is 201 Å². The van der Waals surface area contributed by atoms with Crippen LogP contribution in [0.2, 0.25) is 0 Å². The second-order valence-corrected chi connectivity index (χ2v) is 7.44. The second-order valence-electron chi connectivity index (χ2n) is 7.44. The largest absolute Gasteiger partial charge is 1.00 e. The van der Waals surface area contributed by atoms with E-state index in [9.17, 15) is 9.59 Å². The van der Waals surface area contributed by atoms with Crippen molar-refractivity contribution in [3.8, 4) is 0 Å². The fourth-order valence-corrected chi connectivity index (χ4v) is 3.62. The van der Waals surface area contributed by atoms with E-state index in [0.717, 1.165) is 38.4 Å². The molecule has 0 aromatic heterocycles. The Balaban J connectivity index is 0.000000583. The molecule has 2 saturated carbocycles. The van der Waals surface area contributed by atoms with Crippen LogP contribution in [0.3, 0.4) is 0 Å². The summed E-state index contributed by atoms with van der Waals surface area (Å²) in [6.07, 6.45) is 14.2. The third-order valence-electron chi connectivity index (χ3n) is 5.21. The summed E-state index contributed by atoms with van der Waals surface area (Å²) < 4.78 is 10.8. The van der Waals surface area contributed by atoms with Crippen molar-refractivity contribution in [2.45, 2.75) is 70.6 Å². The van der Waals surface area contributed by atoms with Crippen molar-refractivity contribution >= 4 is 12.2 Å². The Kier molecular flexibility index (Phi) is 18.2. The quantitative estimate of drug-likeness (QED) is 0.349. The molecule has 2 aliphatic carbocycles. The van der Waals surface area contributed by atoms with Crippen LogP contribution in [-0.4, -0.2) is 39.1 Å². The minimum Gasteiger partial charge on any atom is -0.542 e. The average molecular weight is 394 g/mol. The fourth-order valence-electron chi connectivity index (χ4n) is 3.62. The van der Waals surface area contributed by atoms with Gasteiger partial charge in [0.1, 0.15) is 0 Å². The maximum Gasteiger partial charge on any atom is 1.00 e. The van der Waals surface area contributed by atoms with Crippen molar-refractivity contribution < 1.29 is 70.4 Å². The normalized spacial score (nSPS) is 23.3. The molecule has 0 aromatic rings. The molecule has 0 aromatic carbocycles. The minimum absolute atomic E-state index is 0. The van der Waals surface area contributed by atoms with E-state index in [1.165, 1.54) is 44.9 Å². The first-order chi connectivity index (χ1) is 12.2. The molecule has 0 unspecified atom stereocenters. The van der Waals surface area contributed by atoms with Crippen LogP contribution >= 0.6 is 0 Å². The second kappa shape index (κ2) is 17.8. The molecule has 1 amide bonds. The average Bonchev–Trinajstić information content (AvgIpc) is 2.64. The Bertz CT molecular complexity index is 354. The number of rotatable bonds is 9. The summed E-state index contributed by atoms with van der Waals surface area (Å²) in [7, 11) is 1.77. The first-order valence-electron chi connectivity index (χ1n) is 9.88. The number of methoxy groups -OCH3 is 1. The summed E-state index contributed by atoms with van der Waals surface area (Å²) in [5, 5.41) is 0. The molecule has 5 nitrogen and oxygen atoms in total. The molecule has 6 heteroatoms. The standard InChI is InChI=1S/C13H25NO3.C7H11O.K/c1-16-9-11-4-6-12(7-5-11)10-17-8-2-3-13(14)15;8-6-7-4-2-1-3-5-7;/h11-12H,2-10H2,1H3,(H2,14,15);7H,1-5H2;/q;-1;+1. The van der Waals surface area contributed by atoms with E-state index in [4.69, 9.17) is 15.2 Å². The zero-order chi connectivity index (χ0) is 18.3. The molecular formula is C20H36KNO4. The molecular weight excluding hydrogens is 357 g/mol. The van der Waals surface area contributed by atoms with Crippen molar-refractivity contribution in [3.63, 3.8) is 0 Å². The molecule has 146 valence electrons. The van der Waals surface area contributed by atoms with Gasteiger partial charge in [-0.15, -0.1) is 5.92 Å². The van der Waals surface area contributed by atoms with Gasteiger partial charge in [0.2, 0.25) is 5.91 Å². The van der Waals surface area contributed by atoms with Gasteiger partial charge in [-0.1, -0.05) is 32.1 Å². The minimum atomic E-state index is -0.242. The molecule has 0 saturated heterocycles. The number of hydrogen-bond donors (Lipinski definition) is 1. The summed E-state index contributed by atoms with van der Waals surface area (Å²) >= 11 is 0. The first-order valence-corrected chi connectivity index (χ1v) is 9.88. The zero-order valence-corrected chi connectivity index (χ0v) is 20.0. The summed E-state index contributed by atoms with van der Waals surface area (Å²) in [6.45, 7) is 2.38. The number of carbonyl (C=O) groups is 1. The molecule has 0 heterocycles. The Morgan fingerprint density at radius 3 is 2.04 bits per heavy atom. The van der Waals surface area contributed by atoms with Gasteiger partial charge in [-0.25, -0.2) is 0 Å². The van der Waals surface area contributed by atoms with E-state index in [2.05, 4.69) is 6.29 Å². The summed E-state index contributed by atoms with van der Waals surface area (Å²) in [5.41, 5.74) is 5.05. The van der Waals surface area contributed by atoms with Crippen LogP contribution in [-0.2, 0) is 19.1 Å². The van der Waals surface area contributed by atoms with Gasteiger partial charge < -0.3 is 20.0 Å². The van der Waals surface area contributed by atoms with Crippen molar-refractivity contribution in [1.29, 1.82) is 0 Å². The van der Waals surface area contributed by atoms with Gasteiger partial charge in [-0.05, 0) is 43.9 Å². The molecule has 2 rings (SSSR count). The van der Waals surface area contributed by atoms with E-state index >= 15 is 0 Å². The number of amides is 1. The maximum atomic E-state index is 10.5. The smallest absolute Gasteiger partial charge is 0.542 e. The van der Waals surface area contributed by atoms with Gasteiger partial charge in [-0.3, -0.25) is 11.1 Å². The van der Waals surface area contributed by atoms with Gasteiger partial charge in [0.15, 0.2) is 0 Å². The van der Waals surface area contributed by atoms with Crippen molar-refractivity contribution in [1.82, 2.24) is 0 Å². The number of primary amides is 1. The van der Waals surface area contributed by atoms with E-state index in [0.29, 0.717) is 18.9 Å². The summed E-state index contributed by atoms with van der Waals surface area (Å²) in [4.78, 5) is 20.6. The molecule has 2 N–H and O–H groups in total. The van der Waals surface area contributed by atoms with Crippen LogP contribution < -0.4 is 57.1 Å². The summed E-state index contributed by atoms with van der Waals surface area (Å²) in [5.74, 6) is 1.47. The number of hydrogen-bond acceptors (Lipinski definition) is 4. The van der Waals surface area contributed by atoms with Crippen LogP contribution in [0.1, 0.15) is 70.6 Å². The Hall–Kier alpha value is 0.696. The van der Waals surface area contributed by atoms with Gasteiger partial charge in [-0.2, -0.15) is 0 Å². The summed E-state index contributed by atoms with van der Waals surface area (Å²) in [6, 6.07) is 0. The Morgan fingerprint density at radius 2 is 1.58 bits per heavy atom. The SMILES string of the molecule is COCC1CCC(COCCCC(N)=O)CC1.O=[C-]C1CCCCC1.[K+]. The van der Waals surface area contributed by atoms with Crippen LogP contribution in [0.15, 0.2) is 0 Å². The molecule has 0 bridgehead atoms. The number of ether oxygens (including phenoxy) is 2. The van der Waals surface area contributed by atoms with E-state index in [1.807, 2.05) is 0 Å². The first kappa shape index (κ1) is 26.7. The van der Waals surface area contributed by atoms with Crippen molar-refractivity contribution in [2.75, 3.05) is 26.9 Å². The molecule has 2 fully saturated rings. The van der Waals surface area contributed by atoms with E-state index in [-0.39, 0.29) is 63.2 Å². The molecule has 26 heavy (non-hydrogen) atoms. The van der Waals surface area contributed by atoms with E-state index in [1.54, 1.807) is 7.11 Å². The number of carbonyl (C=O) groups excluding carboxylic acids is 2. The van der Waals surface area contributed by atoms with Crippen LogP contribution in [0.4, 0.5) is 0 Å². The van der Waals surface area contributed by atoms with Gasteiger partial charge in [0.25, 0.3) is 0 Å². The molecule has 0 atom stereocenters. The van der Waals surface area contributed by atoms with Crippen LogP contribution in [0, 0.1) is 17.8 Å². The maximum absolute atomic E-state index is 10.5. The Morgan fingerprint density at radius 1 is 1.00 bits per heavy atom. The monoisotopic (exact) mass is 393 g/mol. The molecule has 0 radical (unpaired) electrons. The fraction of sp³-hybridized carbons (Fsp3) is 0.900. The third-order valence-corrected chi connectivity index (χ3v) is 5.21. The molecule has 0 aliphatic heterocycles. The molecule has 2 aliphatic rings. The van der Waals surface area contributed by atoms with E-state index < -0.39 is 0 Å². The van der Waals surface area contributed by atoms with Crippen LogP contribution in [0.5, 0.6) is 0 Å².